The first-order valence-electron chi connectivity index (χ1n) is 11.3. The normalized spacial score (nSPS) is 11.8. The van der Waals surface area contributed by atoms with Crippen LogP contribution < -0.4 is 16.1 Å². The van der Waals surface area contributed by atoms with Gasteiger partial charge in [0.2, 0.25) is 0 Å². The van der Waals surface area contributed by atoms with E-state index in [2.05, 4.69) is 36.5 Å². The number of nitriles is 1. The molecule has 3 rings (SSSR count). The maximum Gasteiger partial charge on any atom is 0.434 e. The summed E-state index contributed by atoms with van der Waals surface area (Å²) < 4.78 is 40.3. The van der Waals surface area contributed by atoms with Crippen molar-refractivity contribution in [1.29, 1.82) is 5.26 Å². The molecule has 2 heterocycles. The number of pyridine rings is 1. The fraction of sp³-hybridized carbons (Fsp3) is 0.208. The van der Waals surface area contributed by atoms with Gasteiger partial charge in [0.25, 0.3) is 11.8 Å². The van der Waals surface area contributed by atoms with Gasteiger partial charge in [0.15, 0.2) is 17.3 Å². The number of hydrogen-bond donors (Lipinski definition) is 4. The Morgan fingerprint density at radius 2 is 2.02 bits per heavy atom. The maximum absolute atomic E-state index is 13.5. The zero-order chi connectivity index (χ0) is 29.4. The molecule has 4 N–H and O–H groups in total. The Kier molecular flexibility index (Phi) is 9.77. The van der Waals surface area contributed by atoms with Crippen LogP contribution in [0, 0.1) is 21.8 Å². The van der Waals surface area contributed by atoms with E-state index in [1.165, 1.54) is 37.4 Å². The minimum absolute atomic E-state index is 0.0971. The molecule has 0 atom stereocenters. The van der Waals surface area contributed by atoms with E-state index >= 15 is 0 Å². The van der Waals surface area contributed by atoms with Crippen molar-refractivity contribution in [2.24, 2.45) is 10.3 Å². The number of aryl methyl sites for hydroxylation is 1. The van der Waals surface area contributed by atoms with Crippen LogP contribution in [0.2, 0.25) is 0 Å². The second-order valence-corrected chi connectivity index (χ2v) is 9.17. The van der Waals surface area contributed by atoms with Crippen molar-refractivity contribution in [3.8, 4) is 17.6 Å². The summed E-state index contributed by atoms with van der Waals surface area (Å²) in [4.78, 5) is 30.2. The van der Waals surface area contributed by atoms with Gasteiger partial charge in [-0.05, 0) is 72.3 Å². The molecule has 1 aromatic carbocycles. The molecule has 2 aromatic heterocycles. The first-order chi connectivity index (χ1) is 19.0. The lowest BCUT2D eigenvalue weighted by molar-refractivity contribution is -0.0933. The van der Waals surface area contributed by atoms with E-state index in [0.29, 0.717) is 9.13 Å². The van der Waals surface area contributed by atoms with Crippen molar-refractivity contribution in [1.82, 2.24) is 25.5 Å². The van der Waals surface area contributed by atoms with Crippen LogP contribution in [0.25, 0.3) is 5.82 Å². The van der Waals surface area contributed by atoms with Crippen molar-refractivity contribution in [3.63, 3.8) is 0 Å². The van der Waals surface area contributed by atoms with Crippen molar-refractivity contribution in [3.05, 3.63) is 74.4 Å². The number of anilines is 1. The molecular formula is C24H21F3IN9O3. The number of alkyl halides is 3. The van der Waals surface area contributed by atoms with Crippen molar-refractivity contribution in [2.75, 3.05) is 11.9 Å². The van der Waals surface area contributed by atoms with Crippen LogP contribution in [-0.4, -0.2) is 44.4 Å². The van der Waals surface area contributed by atoms with Gasteiger partial charge in [0, 0.05) is 9.77 Å². The Balaban J connectivity index is 1.96. The van der Waals surface area contributed by atoms with Crippen LogP contribution in [-0.2, 0) is 6.54 Å². The highest BCUT2D eigenvalue weighted by atomic mass is 127. The van der Waals surface area contributed by atoms with E-state index in [4.69, 9.17) is 5.26 Å². The molecule has 208 valence electrons. The average Bonchev–Trinajstić information content (AvgIpc) is 3.32. The minimum Gasteiger partial charge on any atom is -0.504 e. The third kappa shape index (κ3) is 7.31. The number of hydrogen-bond acceptors (Lipinski definition) is 8. The molecule has 0 fully saturated rings. The first kappa shape index (κ1) is 30.0. The van der Waals surface area contributed by atoms with Gasteiger partial charge in [0.05, 0.1) is 29.6 Å². The Bertz CT molecular complexity index is 1530. The smallest absolute Gasteiger partial charge is 0.434 e. The maximum atomic E-state index is 13.5. The number of allylic oxidation sites excluding steroid dienone is 2. The number of aromatic hydroxyl groups is 1. The lowest BCUT2D eigenvalue weighted by atomic mass is 10.1. The zero-order valence-corrected chi connectivity index (χ0v) is 23.1. The Labute approximate surface area is 239 Å². The number of aromatic nitrogens is 3. The van der Waals surface area contributed by atoms with Crippen LogP contribution in [0.1, 0.15) is 39.0 Å². The van der Waals surface area contributed by atoms with E-state index in [1.807, 2.05) is 28.7 Å². The van der Waals surface area contributed by atoms with Gasteiger partial charge in [0.1, 0.15) is 12.2 Å². The molecule has 3 aromatic rings. The lowest BCUT2D eigenvalue weighted by Gasteiger charge is -2.15. The number of halogens is 4. The van der Waals surface area contributed by atoms with E-state index in [1.54, 1.807) is 13.0 Å². The van der Waals surface area contributed by atoms with Gasteiger partial charge >= 0.3 is 6.18 Å². The highest BCUT2D eigenvalue weighted by molar-refractivity contribution is 14.1. The second-order valence-electron chi connectivity index (χ2n) is 7.93. The molecule has 12 nitrogen and oxygen atoms in total. The van der Waals surface area contributed by atoms with Crippen LogP contribution >= 0.6 is 22.6 Å². The monoisotopic (exact) mass is 667 g/mol. The Morgan fingerprint density at radius 3 is 2.67 bits per heavy atom. The number of rotatable bonds is 9. The highest BCUT2D eigenvalue weighted by Crippen LogP contribution is 2.27. The number of nitrogens with one attached hydrogen (secondary N) is 3. The second kappa shape index (κ2) is 13.0. The summed E-state index contributed by atoms with van der Waals surface area (Å²) in [7, 11) is 0. The Hall–Kier alpha value is -4.53. The number of carbonyl (C=O) groups is 2. The largest absolute Gasteiger partial charge is 0.504 e. The lowest BCUT2D eigenvalue weighted by Crippen LogP contribution is -2.26. The summed E-state index contributed by atoms with van der Waals surface area (Å²) in [6.45, 7) is 2.38. The molecule has 16 heteroatoms. The zero-order valence-electron chi connectivity index (χ0n) is 20.9. The molecule has 0 aliphatic rings. The molecule has 0 radical (unpaired) electrons. The van der Waals surface area contributed by atoms with Gasteiger partial charge in [-0.25, -0.2) is 9.67 Å². The number of benzene rings is 1. The summed E-state index contributed by atoms with van der Waals surface area (Å²) >= 11 is 2.01. The predicted octanol–water partition coefficient (Wildman–Crippen LogP) is 4.31. The van der Waals surface area contributed by atoms with Gasteiger partial charge in [-0.3, -0.25) is 15.0 Å². The standard InChI is InChI=1S/C24H21F3IN9O3/c1-3-19(24(25,26)27)34-36-32-12-15-11-17(37(35-15)21-18(38)5-4-7-30-21)23(40)33-20-13(2)9-14(28)10-16(20)22(39)31-8-6-29/h3-5,7,9-11,38H,8,12H2,1-2H3,(H,31,39)(H,32,34)(H,33,40)/b19-3+. The molecular weight excluding hydrogens is 646 g/mol. The molecule has 40 heavy (non-hydrogen) atoms. The molecule has 0 saturated carbocycles. The summed E-state index contributed by atoms with van der Waals surface area (Å²) in [5, 5.41) is 34.9. The van der Waals surface area contributed by atoms with Crippen molar-refractivity contribution < 1.29 is 27.9 Å². The fourth-order valence-corrected chi connectivity index (χ4v) is 4.13. The molecule has 0 saturated heterocycles. The van der Waals surface area contributed by atoms with E-state index in [0.717, 1.165) is 10.8 Å². The van der Waals surface area contributed by atoms with E-state index in [9.17, 15) is 27.9 Å². The van der Waals surface area contributed by atoms with Crippen LogP contribution in [0.4, 0.5) is 18.9 Å². The summed E-state index contributed by atoms with van der Waals surface area (Å²) in [5.41, 5.74) is 2.02. The topological polar surface area (TPSA) is 170 Å². The number of nitrogens with zero attached hydrogens (tertiary/aromatic N) is 6. The molecule has 0 aliphatic carbocycles. The van der Waals surface area contributed by atoms with Crippen molar-refractivity contribution in [2.45, 2.75) is 26.6 Å². The van der Waals surface area contributed by atoms with Gasteiger partial charge in [-0.1, -0.05) is 11.3 Å². The third-order valence-corrected chi connectivity index (χ3v) is 5.75. The first-order valence-corrected chi connectivity index (χ1v) is 12.4. The third-order valence-electron chi connectivity index (χ3n) is 5.12. The summed E-state index contributed by atoms with van der Waals surface area (Å²) in [6, 6.07) is 9.19. The number of amides is 2. The van der Waals surface area contributed by atoms with E-state index < -0.39 is 23.7 Å². The molecule has 0 aliphatic heterocycles. The van der Waals surface area contributed by atoms with Crippen LogP contribution in [0.3, 0.4) is 0 Å². The quantitative estimate of drug-likeness (QED) is 0.114. The fourth-order valence-electron chi connectivity index (χ4n) is 3.36. The number of carbonyl (C=O) groups excluding carboxylic acids is 2. The molecule has 2 amide bonds. The predicted molar refractivity (Wildman–Crippen MR) is 144 cm³/mol. The van der Waals surface area contributed by atoms with Crippen LogP contribution in [0.5, 0.6) is 5.75 Å². The summed E-state index contributed by atoms with van der Waals surface area (Å²) in [6.07, 6.45) is -2.56. The summed E-state index contributed by atoms with van der Waals surface area (Å²) in [5.74, 6) is -1.72. The van der Waals surface area contributed by atoms with E-state index in [-0.39, 0.29) is 47.3 Å². The van der Waals surface area contributed by atoms with Gasteiger partial charge < -0.3 is 15.7 Å². The highest BCUT2D eigenvalue weighted by Gasteiger charge is 2.33. The van der Waals surface area contributed by atoms with Crippen LogP contribution in [0.15, 0.2) is 58.6 Å². The molecule has 0 unspecified atom stereocenters. The minimum atomic E-state index is -4.68. The molecule has 0 bridgehead atoms. The van der Waals surface area contributed by atoms with Gasteiger partial charge in [-0.15, -0.1) is 5.11 Å². The van der Waals surface area contributed by atoms with Gasteiger partial charge in [-0.2, -0.15) is 23.5 Å². The SMILES string of the molecule is C/C=C(/N=N\NCc1cc(C(=O)Nc2c(C)cc(I)cc2C(=O)NCC#N)n(-c2ncccc2O)n1)C(F)(F)F. The van der Waals surface area contributed by atoms with Crippen molar-refractivity contribution >= 4 is 40.1 Å². The molecule has 0 spiro atoms. The Morgan fingerprint density at radius 1 is 1.27 bits per heavy atom. The average molecular weight is 667 g/mol.